The fraction of sp³-hybridized carbons (Fsp3) is 0.389. The molecule has 2 N–H and O–H groups in total. The van der Waals surface area contributed by atoms with Crippen molar-refractivity contribution in [3.05, 3.63) is 58.9 Å². The van der Waals surface area contributed by atoms with Crippen LogP contribution < -0.4 is 5.32 Å². The molecule has 9 heteroatoms. The average Bonchev–Trinajstić information content (AvgIpc) is 2.62. The molecule has 1 unspecified atom stereocenters. The van der Waals surface area contributed by atoms with Gasteiger partial charge in [-0.3, -0.25) is 9.88 Å². The van der Waals surface area contributed by atoms with Crippen molar-refractivity contribution in [3.63, 3.8) is 0 Å². The van der Waals surface area contributed by atoms with Gasteiger partial charge in [0.05, 0.1) is 16.3 Å². The van der Waals surface area contributed by atoms with E-state index in [2.05, 4.69) is 10.3 Å². The van der Waals surface area contributed by atoms with Gasteiger partial charge in [-0.05, 0) is 36.4 Å². The third kappa shape index (κ3) is 4.51. The lowest BCUT2D eigenvalue weighted by atomic mass is 9.89. The number of benzene rings is 1. The number of rotatable bonds is 4. The molecular weight excluding hydrogens is 386 g/mol. The summed E-state index contributed by atoms with van der Waals surface area (Å²) in [4.78, 5) is 5.65. The molecule has 1 fully saturated rings. The van der Waals surface area contributed by atoms with Crippen LogP contribution in [0.25, 0.3) is 0 Å². The number of alkyl halides is 4. The predicted molar refractivity (Wildman–Crippen MR) is 93.9 cm³/mol. The van der Waals surface area contributed by atoms with Crippen LogP contribution in [0.2, 0.25) is 5.02 Å². The summed E-state index contributed by atoms with van der Waals surface area (Å²) in [5.41, 5.74) is -1.92. The second kappa shape index (κ2) is 7.61. The van der Waals surface area contributed by atoms with Gasteiger partial charge in [-0.2, -0.15) is 13.2 Å². The lowest BCUT2D eigenvalue weighted by molar-refractivity contribution is -0.137. The van der Waals surface area contributed by atoms with Crippen LogP contribution in [0.15, 0.2) is 42.6 Å². The summed E-state index contributed by atoms with van der Waals surface area (Å²) in [6, 6.07) is 7.55. The van der Waals surface area contributed by atoms with Crippen LogP contribution in [0.3, 0.4) is 0 Å². The van der Waals surface area contributed by atoms with Crippen molar-refractivity contribution in [2.24, 2.45) is 0 Å². The molecular formula is C18H18ClF4N3O. The van der Waals surface area contributed by atoms with Crippen LogP contribution in [0.5, 0.6) is 0 Å². The number of aromatic nitrogens is 1. The molecule has 1 saturated heterocycles. The average molecular weight is 404 g/mol. The summed E-state index contributed by atoms with van der Waals surface area (Å²) in [7, 11) is 0. The molecule has 2 heterocycles. The van der Waals surface area contributed by atoms with Crippen molar-refractivity contribution in [1.82, 2.24) is 9.88 Å². The van der Waals surface area contributed by atoms with E-state index in [-0.39, 0.29) is 36.6 Å². The maximum Gasteiger partial charge on any atom is 0.416 e. The minimum atomic E-state index is -4.42. The van der Waals surface area contributed by atoms with Gasteiger partial charge < -0.3 is 10.4 Å². The molecule has 0 saturated carbocycles. The Morgan fingerprint density at radius 1 is 1.15 bits per heavy atom. The molecule has 2 aromatic rings. The number of pyridine rings is 1. The number of piperidine rings is 1. The molecule has 0 radical (unpaired) electrons. The first-order valence-corrected chi connectivity index (χ1v) is 8.73. The van der Waals surface area contributed by atoms with E-state index < -0.39 is 23.8 Å². The lowest BCUT2D eigenvalue weighted by Crippen LogP contribution is -2.48. The Morgan fingerprint density at radius 3 is 2.33 bits per heavy atom. The first kappa shape index (κ1) is 19.9. The van der Waals surface area contributed by atoms with Gasteiger partial charge in [0.2, 0.25) is 0 Å². The van der Waals surface area contributed by atoms with E-state index in [0.29, 0.717) is 5.69 Å². The smallest absolute Gasteiger partial charge is 0.361 e. The second-order valence-electron chi connectivity index (χ2n) is 6.43. The van der Waals surface area contributed by atoms with E-state index in [1.807, 2.05) is 0 Å². The quantitative estimate of drug-likeness (QED) is 0.586. The minimum Gasteiger partial charge on any atom is -0.361 e. The van der Waals surface area contributed by atoms with Crippen LogP contribution in [0.4, 0.5) is 23.2 Å². The van der Waals surface area contributed by atoms with Crippen LogP contribution in [-0.2, 0) is 11.8 Å². The second-order valence-corrected chi connectivity index (χ2v) is 6.84. The van der Waals surface area contributed by atoms with Crippen molar-refractivity contribution in [1.29, 1.82) is 0 Å². The first-order chi connectivity index (χ1) is 12.7. The highest BCUT2D eigenvalue weighted by Gasteiger charge is 2.40. The Morgan fingerprint density at radius 2 is 1.78 bits per heavy atom. The molecule has 1 aliphatic rings. The number of aliphatic hydroxyl groups is 1. The van der Waals surface area contributed by atoms with Gasteiger partial charge >= 0.3 is 6.18 Å². The van der Waals surface area contributed by atoms with Crippen molar-refractivity contribution in [2.45, 2.75) is 31.0 Å². The fourth-order valence-electron chi connectivity index (χ4n) is 3.07. The van der Waals surface area contributed by atoms with Crippen LogP contribution in [0.1, 0.15) is 24.1 Å². The third-order valence-corrected chi connectivity index (χ3v) is 4.93. The first-order valence-electron chi connectivity index (χ1n) is 8.35. The van der Waals surface area contributed by atoms with E-state index in [9.17, 15) is 18.3 Å². The number of hydrogen-bond donors (Lipinski definition) is 2. The number of hydrogen-bond acceptors (Lipinski definition) is 4. The largest absolute Gasteiger partial charge is 0.416 e. The highest BCUT2D eigenvalue weighted by molar-refractivity contribution is 6.31. The molecule has 4 nitrogen and oxygen atoms in total. The summed E-state index contributed by atoms with van der Waals surface area (Å²) < 4.78 is 53.0. The summed E-state index contributed by atoms with van der Waals surface area (Å²) in [6.45, 7) is 0.469. The highest BCUT2D eigenvalue weighted by Crippen LogP contribution is 2.39. The van der Waals surface area contributed by atoms with Gasteiger partial charge in [0.25, 0.3) is 0 Å². The number of aliphatic hydroxyl groups excluding tert-OH is 1. The number of nitrogens with one attached hydrogen (secondary N) is 1. The van der Waals surface area contributed by atoms with Crippen molar-refractivity contribution in [3.8, 4) is 0 Å². The van der Waals surface area contributed by atoms with E-state index in [1.165, 1.54) is 18.3 Å². The van der Waals surface area contributed by atoms with Crippen LogP contribution >= 0.6 is 11.6 Å². The lowest BCUT2D eigenvalue weighted by Gasteiger charge is -2.38. The molecule has 1 aromatic heterocycles. The van der Waals surface area contributed by atoms with E-state index in [1.54, 1.807) is 17.0 Å². The summed E-state index contributed by atoms with van der Waals surface area (Å²) in [5, 5.41) is 13.3. The van der Waals surface area contributed by atoms with Gasteiger partial charge in [0.1, 0.15) is 0 Å². The Hall–Kier alpha value is -1.90. The highest BCUT2D eigenvalue weighted by atomic mass is 35.5. The molecule has 146 valence electrons. The Labute approximate surface area is 158 Å². The van der Waals surface area contributed by atoms with Gasteiger partial charge in [0, 0.05) is 37.8 Å². The number of nitrogens with zero attached hydrogens (tertiary/aromatic N) is 2. The molecule has 3 rings (SSSR count). The van der Waals surface area contributed by atoms with Crippen molar-refractivity contribution < 1.29 is 22.7 Å². The zero-order chi connectivity index (χ0) is 19.7. The fourth-order valence-corrected chi connectivity index (χ4v) is 3.36. The normalized spacial score (nSPS) is 18.9. The van der Waals surface area contributed by atoms with Gasteiger partial charge in [-0.25, -0.2) is 4.39 Å². The molecule has 1 aliphatic heterocycles. The monoisotopic (exact) mass is 403 g/mol. The molecule has 1 atom stereocenters. The maximum absolute atomic E-state index is 15.2. The van der Waals surface area contributed by atoms with Crippen LogP contribution in [0, 0.1) is 0 Å². The standard InChI is InChI=1S/C18H18ClF4N3O/c19-14-2-1-9-24-15(14)17(20)7-10-26(11-8-17)16(27)25-13-5-3-12(4-6-13)18(21,22)23/h1-6,9,16,25,27H,7-8,10-11H2. The molecule has 1 aromatic carbocycles. The maximum atomic E-state index is 15.2. The Bertz CT molecular complexity index is 777. The van der Waals surface area contributed by atoms with E-state index in [0.717, 1.165) is 12.1 Å². The Balaban J connectivity index is 1.60. The SMILES string of the molecule is OC(Nc1ccc(C(F)(F)F)cc1)N1CCC(F)(c2ncccc2Cl)CC1. The van der Waals surface area contributed by atoms with Gasteiger partial charge in [-0.15, -0.1) is 0 Å². The van der Waals surface area contributed by atoms with Gasteiger partial charge in [0.15, 0.2) is 12.0 Å². The summed E-state index contributed by atoms with van der Waals surface area (Å²) >= 11 is 6.04. The van der Waals surface area contributed by atoms with Crippen LogP contribution in [-0.4, -0.2) is 34.4 Å². The Kier molecular flexibility index (Phi) is 5.60. The summed E-state index contributed by atoms with van der Waals surface area (Å²) in [6.07, 6.45) is -3.90. The molecule has 0 bridgehead atoms. The number of anilines is 1. The van der Waals surface area contributed by atoms with E-state index >= 15 is 4.39 Å². The van der Waals surface area contributed by atoms with Crippen molar-refractivity contribution >= 4 is 17.3 Å². The molecule has 0 amide bonds. The zero-order valence-electron chi connectivity index (χ0n) is 14.2. The van der Waals surface area contributed by atoms with Crippen molar-refractivity contribution in [2.75, 3.05) is 18.4 Å². The molecule has 27 heavy (non-hydrogen) atoms. The number of halogens is 5. The summed E-state index contributed by atoms with van der Waals surface area (Å²) in [5.74, 6) is 0. The zero-order valence-corrected chi connectivity index (χ0v) is 14.9. The van der Waals surface area contributed by atoms with Gasteiger partial charge in [-0.1, -0.05) is 11.6 Å². The molecule has 0 aliphatic carbocycles. The number of likely N-dealkylation sites (tertiary alicyclic amines) is 1. The third-order valence-electron chi connectivity index (χ3n) is 4.63. The minimum absolute atomic E-state index is 0.0927. The van der Waals surface area contributed by atoms with E-state index in [4.69, 9.17) is 11.6 Å². The predicted octanol–water partition coefficient (Wildman–Crippen LogP) is 4.40. The topological polar surface area (TPSA) is 48.4 Å². The molecule has 0 spiro atoms.